The van der Waals surface area contributed by atoms with Crippen molar-refractivity contribution < 1.29 is 24.4 Å². The first-order valence-electron chi connectivity index (χ1n) is 14.5. The SMILES string of the molecule is CN1C(=O)NC(=O)/C1=C/c1ccc(N=C(c2ccc(CCN3CCCCC3=O)cc2)c2c(O)[nH]c3ccc([N+](=O)[O-])cc23)cc1. The summed E-state index contributed by atoms with van der Waals surface area (Å²) in [7, 11) is 1.51. The Morgan fingerprint density at radius 2 is 1.80 bits per heavy atom. The lowest BCUT2D eigenvalue weighted by Gasteiger charge is -2.26. The van der Waals surface area contributed by atoms with Crippen LogP contribution in [0.1, 0.15) is 41.5 Å². The number of likely N-dealkylation sites (N-methyl/N-ethyl adjacent to an activating group) is 1. The summed E-state index contributed by atoms with van der Waals surface area (Å²) in [6, 6.07) is 18.4. The van der Waals surface area contributed by atoms with Crippen molar-refractivity contribution in [2.45, 2.75) is 25.7 Å². The largest absolute Gasteiger partial charge is 0.494 e. The molecule has 2 saturated heterocycles. The molecule has 6 rings (SSSR count). The van der Waals surface area contributed by atoms with Crippen LogP contribution in [-0.2, 0) is 16.0 Å². The van der Waals surface area contributed by atoms with E-state index in [0.717, 1.165) is 24.9 Å². The number of H-pyrrole nitrogens is 1. The van der Waals surface area contributed by atoms with E-state index in [-0.39, 0.29) is 23.2 Å². The third-order valence-corrected chi connectivity index (χ3v) is 8.09. The lowest BCUT2D eigenvalue weighted by molar-refractivity contribution is -0.384. The van der Waals surface area contributed by atoms with Gasteiger partial charge < -0.3 is 15.0 Å². The van der Waals surface area contributed by atoms with Crippen LogP contribution < -0.4 is 5.32 Å². The Hall–Kier alpha value is -5.78. The number of aromatic hydroxyl groups is 1. The summed E-state index contributed by atoms with van der Waals surface area (Å²) in [5.41, 5.74) is 4.21. The fourth-order valence-corrected chi connectivity index (χ4v) is 5.58. The molecule has 3 aromatic carbocycles. The third kappa shape index (κ3) is 6.03. The number of rotatable bonds is 8. The maximum absolute atomic E-state index is 12.2. The second-order valence-corrected chi connectivity index (χ2v) is 11.0. The summed E-state index contributed by atoms with van der Waals surface area (Å²) >= 11 is 0. The van der Waals surface area contributed by atoms with Crippen LogP contribution in [-0.4, -0.2) is 68.5 Å². The standard InChI is InChI=1S/C33H30N6O6/c1-37-27(31(41)36-33(37)43)18-21-7-11-23(12-8-21)34-30(29-25-19-24(39(44)45)13-14-26(25)35-32(29)42)22-9-5-20(6-10-22)15-17-38-16-3-2-4-28(38)40/h5-14,18-19,35,42H,2-4,15-17H2,1H3,(H,36,41,43)/b27-18-,34-30?. The van der Waals surface area contributed by atoms with E-state index in [4.69, 9.17) is 4.99 Å². The number of hydrogen-bond donors (Lipinski definition) is 3. The summed E-state index contributed by atoms with van der Waals surface area (Å²) in [5, 5.41) is 25.3. The van der Waals surface area contributed by atoms with Gasteiger partial charge in [-0.2, -0.15) is 0 Å². The minimum Gasteiger partial charge on any atom is -0.494 e. The molecule has 0 spiro atoms. The number of nitro benzene ring substituents is 1. The number of nitrogens with zero attached hydrogens (tertiary/aromatic N) is 4. The number of imide groups is 1. The molecule has 4 aromatic rings. The van der Waals surface area contributed by atoms with E-state index >= 15 is 0 Å². The monoisotopic (exact) mass is 606 g/mol. The molecule has 12 heteroatoms. The van der Waals surface area contributed by atoms with Crippen LogP contribution >= 0.6 is 0 Å². The molecule has 1 aromatic heterocycles. The molecule has 12 nitrogen and oxygen atoms in total. The first kappa shape index (κ1) is 29.3. The van der Waals surface area contributed by atoms with Gasteiger partial charge in [-0.25, -0.2) is 9.79 Å². The van der Waals surface area contributed by atoms with Gasteiger partial charge in [0.25, 0.3) is 11.6 Å². The number of aliphatic imine (C=N–C) groups is 1. The highest BCUT2D eigenvalue weighted by molar-refractivity contribution is 6.22. The van der Waals surface area contributed by atoms with E-state index in [0.29, 0.717) is 58.4 Å². The van der Waals surface area contributed by atoms with Crippen LogP contribution in [0.2, 0.25) is 0 Å². The molecule has 2 aliphatic heterocycles. The number of carbonyl (C=O) groups excluding carboxylic acids is 3. The molecule has 0 saturated carbocycles. The molecule has 2 fully saturated rings. The van der Waals surface area contributed by atoms with Gasteiger partial charge in [0.1, 0.15) is 5.70 Å². The van der Waals surface area contributed by atoms with Gasteiger partial charge in [-0.3, -0.25) is 29.9 Å². The minimum absolute atomic E-state index is 0.124. The Labute approximate surface area is 257 Å². The fourth-order valence-electron chi connectivity index (χ4n) is 5.58. The number of nitrogens with one attached hydrogen (secondary N) is 2. The zero-order valence-electron chi connectivity index (χ0n) is 24.4. The lowest BCUT2D eigenvalue weighted by Crippen LogP contribution is -2.36. The van der Waals surface area contributed by atoms with E-state index in [9.17, 15) is 29.6 Å². The number of piperidine rings is 1. The molecular weight excluding hydrogens is 576 g/mol. The van der Waals surface area contributed by atoms with Crippen LogP contribution in [0.5, 0.6) is 5.88 Å². The summed E-state index contributed by atoms with van der Waals surface area (Å²) in [6.45, 7) is 1.41. The van der Waals surface area contributed by atoms with E-state index in [1.54, 1.807) is 36.4 Å². The highest BCUT2D eigenvalue weighted by Gasteiger charge is 2.29. The maximum Gasteiger partial charge on any atom is 0.328 e. The van der Waals surface area contributed by atoms with Crippen molar-refractivity contribution in [2.75, 3.05) is 20.1 Å². The van der Waals surface area contributed by atoms with Crippen LogP contribution in [0.4, 0.5) is 16.2 Å². The highest BCUT2D eigenvalue weighted by Crippen LogP contribution is 2.34. The predicted molar refractivity (Wildman–Crippen MR) is 168 cm³/mol. The average Bonchev–Trinajstić information content (AvgIpc) is 3.49. The molecular formula is C33H30N6O6. The van der Waals surface area contributed by atoms with Gasteiger partial charge in [0.15, 0.2) is 5.88 Å². The van der Waals surface area contributed by atoms with Crippen molar-refractivity contribution in [3.05, 3.63) is 105 Å². The number of carbonyl (C=O) groups is 3. The van der Waals surface area contributed by atoms with Gasteiger partial charge >= 0.3 is 6.03 Å². The third-order valence-electron chi connectivity index (χ3n) is 8.09. The van der Waals surface area contributed by atoms with Gasteiger partial charge in [-0.1, -0.05) is 36.4 Å². The summed E-state index contributed by atoms with van der Waals surface area (Å²) in [6.07, 6.45) is 4.83. The lowest BCUT2D eigenvalue weighted by atomic mass is 9.98. The minimum atomic E-state index is -0.498. The molecule has 45 heavy (non-hydrogen) atoms. The van der Waals surface area contributed by atoms with Crippen molar-refractivity contribution in [3.8, 4) is 5.88 Å². The zero-order valence-corrected chi connectivity index (χ0v) is 24.4. The summed E-state index contributed by atoms with van der Waals surface area (Å²) in [5.74, 6) is -0.481. The van der Waals surface area contributed by atoms with Crippen molar-refractivity contribution in [3.63, 3.8) is 0 Å². The highest BCUT2D eigenvalue weighted by atomic mass is 16.6. The maximum atomic E-state index is 12.2. The second kappa shape index (κ2) is 12.1. The first-order valence-corrected chi connectivity index (χ1v) is 14.5. The van der Waals surface area contributed by atoms with Crippen LogP contribution in [0.25, 0.3) is 17.0 Å². The Morgan fingerprint density at radius 3 is 2.47 bits per heavy atom. The molecule has 2 aliphatic rings. The summed E-state index contributed by atoms with van der Waals surface area (Å²) < 4.78 is 0. The predicted octanol–water partition coefficient (Wildman–Crippen LogP) is 5.03. The van der Waals surface area contributed by atoms with E-state index in [1.165, 1.54) is 24.1 Å². The molecule has 228 valence electrons. The van der Waals surface area contributed by atoms with Crippen LogP contribution in [0.3, 0.4) is 0 Å². The number of aromatic nitrogens is 1. The fraction of sp³-hybridized carbons (Fsp3) is 0.212. The number of benzene rings is 3. The van der Waals surface area contributed by atoms with Gasteiger partial charge in [-0.05, 0) is 54.7 Å². The Kier molecular flexibility index (Phi) is 7.86. The molecule has 3 N–H and O–H groups in total. The molecule has 0 aliphatic carbocycles. The zero-order chi connectivity index (χ0) is 31.7. The topological polar surface area (TPSA) is 161 Å². The molecule has 0 unspecified atom stereocenters. The van der Waals surface area contributed by atoms with Gasteiger partial charge in [0, 0.05) is 55.2 Å². The average molecular weight is 607 g/mol. The van der Waals surface area contributed by atoms with E-state index < -0.39 is 16.9 Å². The smallest absolute Gasteiger partial charge is 0.328 e. The van der Waals surface area contributed by atoms with Crippen molar-refractivity contribution in [1.29, 1.82) is 0 Å². The molecule has 3 heterocycles. The number of fused-ring (bicyclic) bond motifs is 1. The van der Waals surface area contributed by atoms with Gasteiger partial charge in [0.05, 0.1) is 21.9 Å². The number of amides is 4. The first-order chi connectivity index (χ1) is 21.7. The van der Waals surface area contributed by atoms with E-state index in [2.05, 4.69) is 10.3 Å². The molecule has 0 atom stereocenters. The number of urea groups is 1. The van der Waals surface area contributed by atoms with E-state index in [1.807, 2.05) is 29.2 Å². The molecule has 4 amide bonds. The molecule has 0 bridgehead atoms. The quantitative estimate of drug-likeness (QED) is 0.0838. The van der Waals surface area contributed by atoms with Gasteiger partial charge in [-0.15, -0.1) is 0 Å². The number of nitro groups is 1. The number of hydrogen-bond acceptors (Lipinski definition) is 7. The van der Waals surface area contributed by atoms with Crippen molar-refractivity contribution in [2.24, 2.45) is 4.99 Å². The van der Waals surface area contributed by atoms with Crippen molar-refractivity contribution in [1.82, 2.24) is 20.1 Å². The van der Waals surface area contributed by atoms with Crippen LogP contribution in [0.15, 0.2) is 77.4 Å². The normalized spacial score (nSPS) is 16.6. The number of aromatic amines is 1. The Balaban J connectivity index is 1.36. The second-order valence-electron chi connectivity index (χ2n) is 11.0. The number of non-ortho nitro benzene ring substituents is 1. The summed E-state index contributed by atoms with van der Waals surface area (Å²) in [4.78, 5) is 58.1. The van der Waals surface area contributed by atoms with Crippen molar-refractivity contribution >= 4 is 51.9 Å². The van der Waals surface area contributed by atoms with Gasteiger partial charge in [0.2, 0.25) is 5.91 Å². The number of likely N-dealkylation sites (tertiary alicyclic amines) is 1. The Bertz CT molecular complexity index is 1890. The van der Waals surface area contributed by atoms with Crippen LogP contribution in [0, 0.1) is 10.1 Å². The molecule has 0 radical (unpaired) electrons. The Morgan fingerprint density at radius 1 is 1.04 bits per heavy atom.